The van der Waals surface area contributed by atoms with Crippen LogP contribution in [0.15, 0.2) is 0 Å². The summed E-state index contributed by atoms with van der Waals surface area (Å²) in [6, 6.07) is 1.25. The average molecular weight is 192 g/mol. The molecule has 0 fully saturated rings. The van der Waals surface area contributed by atoms with E-state index in [2.05, 4.69) is 32.6 Å². The van der Waals surface area contributed by atoms with Gasteiger partial charge in [0.25, 0.3) is 0 Å². The van der Waals surface area contributed by atoms with E-state index in [0.29, 0.717) is 0 Å². The van der Waals surface area contributed by atoms with E-state index in [9.17, 15) is 0 Å². The first-order valence-corrected chi connectivity index (χ1v) is 8.12. The SMILES string of the molecule is CCCO[Si](C)(C)CCCS. The van der Waals surface area contributed by atoms with Gasteiger partial charge in [-0.05, 0) is 37.7 Å². The molecule has 0 atom stereocenters. The normalized spacial score (nSPS) is 12.0. The van der Waals surface area contributed by atoms with Crippen molar-refractivity contribution in [2.75, 3.05) is 12.4 Å². The molecule has 3 heteroatoms. The maximum absolute atomic E-state index is 5.79. The minimum atomic E-state index is -1.29. The van der Waals surface area contributed by atoms with Gasteiger partial charge in [-0.25, -0.2) is 0 Å². The van der Waals surface area contributed by atoms with Crippen LogP contribution < -0.4 is 0 Å². The predicted molar refractivity (Wildman–Crippen MR) is 57.0 cm³/mol. The van der Waals surface area contributed by atoms with Gasteiger partial charge in [-0.15, -0.1) is 0 Å². The third-order valence-corrected chi connectivity index (χ3v) is 4.49. The lowest BCUT2D eigenvalue weighted by Gasteiger charge is -2.21. The Morgan fingerprint density at radius 3 is 2.45 bits per heavy atom. The zero-order chi connectivity index (χ0) is 8.74. The summed E-state index contributed by atoms with van der Waals surface area (Å²) in [5.41, 5.74) is 0. The van der Waals surface area contributed by atoms with Crippen LogP contribution in [0.25, 0.3) is 0 Å². The summed E-state index contributed by atoms with van der Waals surface area (Å²) < 4.78 is 5.79. The lowest BCUT2D eigenvalue weighted by Crippen LogP contribution is -2.30. The molecule has 0 radical (unpaired) electrons. The summed E-state index contributed by atoms with van der Waals surface area (Å²) in [7, 11) is -1.29. The van der Waals surface area contributed by atoms with Crippen LogP contribution in [0.1, 0.15) is 19.8 Å². The van der Waals surface area contributed by atoms with Crippen molar-refractivity contribution in [2.45, 2.75) is 38.9 Å². The molecule has 0 amide bonds. The van der Waals surface area contributed by atoms with Crippen molar-refractivity contribution in [3.8, 4) is 0 Å². The fraction of sp³-hybridized carbons (Fsp3) is 1.00. The van der Waals surface area contributed by atoms with Gasteiger partial charge in [0.05, 0.1) is 0 Å². The number of hydrogen-bond donors (Lipinski definition) is 1. The Hall–Kier alpha value is 0.527. The molecule has 0 heterocycles. The molecule has 0 aliphatic heterocycles. The van der Waals surface area contributed by atoms with Crippen molar-refractivity contribution in [3.05, 3.63) is 0 Å². The summed E-state index contributed by atoms with van der Waals surface area (Å²) in [5.74, 6) is 0.992. The topological polar surface area (TPSA) is 9.23 Å². The van der Waals surface area contributed by atoms with Crippen LogP contribution in [-0.2, 0) is 4.43 Å². The zero-order valence-corrected chi connectivity index (χ0v) is 9.79. The van der Waals surface area contributed by atoms with Crippen LogP contribution in [0.2, 0.25) is 19.1 Å². The highest BCUT2D eigenvalue weighted by Crippen LogP contribution is 2.14. The fourth-order valence-corrected chi connectivity index (χ4v) is 3.34. The molecule has 0 saturated carbocycles. The van der Waals surface area contributed by atoms with Gasteiger partial charge < -0.3 is 4.43 Å². The molecular weight excluding hydrogens is 172 g/mol. The third kappa shape index (κ3) is 6.91. The Balaban J connectivity index is 3.43. The van der Waals surface area contributed by atoms with Crippen LogP contribution in [0.5, 0.6) is 0 Å². The molecule has 0 unspecified atom stereocenters. The minimum Gasteiger partial charge on any atom is -0.417 e. The Kier molecular flexibility index (Phi) is 6.38. The van der Waals surface area contributed by atoms with Crippen molar-refractivity contribution < 1.29 is 4.43 Å². The molecule has 11 heavy (non-hydrogen) atoms. The van der Waals surface area contributed by atoms with E-state index in [1.807, 2.05) is 0 Å². The zero-order valence-electron chi connectivity index (χ0n) is 7.89. The molecule has 0 N–H and O–H groups in total. The van der Waals surface area contributed by atoms with Gasteiger partial charge in [-0.2, -0.15) is 12.6 Å². The van der Waals surface area contributed by atoms with E-state index in [1.54, 1.807) is 0 Å². The molecule has 0 saturated heterocycles. The van der Waals surface area contributed by atoms with E-state index in [-0.39, 0.29) is 0 Å². The van der Waals surface area contributed by atoms with Crippen molar-refractivity contribution in [3.63, 3.8) is 0 Å². The Labute approximate surface area is 77.1 Å². The molecule has 0 aliphatic carbocycles. The summed E-state index contributed by atoms with van der Waals surface area (Å²) in [5, 5.41) is 0. The summed E-state index contributed by atoms with van der Waals surface area (Å²) in [6.45, 7) is 7.66. The highest BCUT2D eigenvalue weighted by atomic mass is 32.1. The molecule has 0 aromatic heterocycles. The Morgan fingerprint density at radius 2 is 2.00 bits per heavy atom. The smallest absolute Gasteiger partial charge is 0.186 e. The lowest BCUT2D eigenvalue weighted by atomic mass is 10.5. The fourth-order valence-electron chi connectivity index (χ4n) is 0.955. The van der Waals surface area contributed by atoms with E-state index in [0.717, 1.165) is 18.8 Å². The summed E-state index contributed by atoms with van der Waals surface area (Å²) in [6.07, 6.45) is 2.34. The summed E-state index contributed by atoms with van der Waals surface area (Å²) >= 11 is 4.19. The van der Waals surface area contributed by atoms with E-state index >= 15 is 0 Å². The van der Waals surface area contributed by atoms with Crippen molar-refractivity contribution in [2.24, 2.45) is 0 Å². The molecule has 0 aromatic rings. The second-order valence-corrected chi connectivity index (χ2v) is 8.19. The van der Waals surface area contributed by atoms with Crippen LogP contribution >= 0.6 is 12.6 Å². The molecule has 68 valence electrons. The third-order valence-electron chi connectivity index (χ3n) is 1.63. The number of hydrogen-bond acceptors (Lipinski definition) is 2. The van der Waals surface area contributed by atoms with Gasteiger partial charge >= 0.3 is 0 Å². The summed E-state index contributed by atoms with van der Waals surface area (Å²) in [4.78, 5) is 0. The van der Waals surface area contributed by atoms with E-state index in [4.69, 9.17) is 4.43 Å². The first-order valence-electron chi connectivity index (χ1n) is 4.37. The van der Waals surface area contributed by atoms with Gasteiger partial charge in [0.1, 0.15) is 0 Å². The molecule has 0 rings (SSSR count). The molecule has 0 aromatic carbocycles. The molecule has 1 nitrogen and oxygen atoms in total. The van der Waals surface area contributed by atoms with Gasteiger partial charge in [0.15, 0.2) is 8.32 Å². The molecule has 0 bridgehead atoms. The lowest BCUT2D eigenvalue weighted by molar-refractivity contribution is 0.306. The highest BCUT2D eigenvalue weighted by molar-refractivity contribution is 7.80. The van der Waals surface area contributed by atoms with E-state index in [1.165, 1.54) is 12.5 Å². The van der Waals surface area contributed by atoms with Crippen molar-refractivity contribution in [1.29, 1.82) is 0 Å². The first-order chi connectivity index (χ1) is 5.12. The van der Waals surface area contributed by atoms with E-state index < -0.39 is 8.32 Å². The van der Waals surface area contributed by atoms with Gasteiger partial charge in [-0.1, -0.05) is 6.92 Å². The predicted octanol–water partition coefficient (Wildman–Crippen LogP) is 2.94. The second-order valence-electron chi connectivity index (χ2n) is 3.44. The van der Waals surface area contributed by atoms with Crippen LogP contribution in [0, 0.1) is 0 Å². The quantitative estimate of drug-likeness (QED) is 0.503. The minimum absolute atomic E-state index is 0.936. The number of thiol groups is 1. The Bertz CT molecular complexity index is 86.1. The maximum atomic E-state index is 5.79. The maximum Gasteiger partial charge on any atom is 0.186 e. The average Bonchev–Trinajstić information content (AvgIpc) is 1.97. The van der Waals surface area contributed by atoms with Crippen molar-refractivity contribution in [1.82, 2.24) is 0 Å². The van der Waals surface area contributed by atoms with Gasteiger partial charge in [0.2, 0.25) is 0 Å². The van der Waals surface area contributed by atoms with Gasteiger partial charge in [-0.3, -0.25) is 0 Å². The monoisotopic (exact) mass is 192 g/mol. The highest BCUT2D eigenvalue weighted by Gasteiger charge is 2.20. The molecular formula is C8H20OSSi. The van der Waals surface area contributed by atoms with Crippen LogP contribution in [-0.4, -0.2) is 20.7 Å². The Morgan fingerprint density at radius 1 is 1.36 bits per heavy atom. The van der Waals surface area contributed by atoms with Crippen LogP contribution in [0.4, 0.5) is 0 Å². The second kappa shape index (κ2) is 6.09. The first kappa shape index (κ1) is 11.5. The van der Waals surface area contributed by atoms with Crippen LogP contribution in [0.3, 0.4) is 0 Å². The largest absolute Gasteiger partial charge is 0.417 e. The number of rotatable bonds is 6. The standard InChI is InChI=1S/C8H20OSSi/c1-4-6-9-11(2,3)8-5-7-10/h10H,4-8H2,1-3H3. The molecule has 0 aliphatic rings. The molecule has 0 spiro atoms. The van der Waals surface area contributed by atoms with Gasteiger partial charge in [0, 0.05) is 6.61 Å². The van der Waals surface area contributed by atoms with Crippen molar-refractivity contribution >= 4 is 20.9 Å².